The molecule has 1 aliphatic rings. The predicted molar refractivity (Wildman–Crippen MR) is 89.0 cm³/mol. The molecule has 2 aromatic rings. The van der Waals surface area contributed by atoms with Crippen molar-refractivity contribution in [1.29, 1.82) is 0 Å². The molecule has 0 amide bonds. The Morgan fingerprint density at radius 1 is 1.27 bits per heavy atom. The fourth-order valence-electron chi connectivity index (χ4n) is 2.66. The lowest BCUT2D eigenvalue weighted by molar-refractivity contribution is 0.0198. The van der Waals surface area contributed by atoms with Crippen LogP contribution in [0.1, 0.15) is 25.5 Å². The van der Waals surface area contributed by atoms with Gasteiger partial charge in [0.15, 0.2) is 5.82 Å². The molecule has 1 saturated heterocycles. The van der Waals surface area contributed by atoms with Crippen LogP contribution in [0, 0.1) is 0 Å². The highest BCUT2D eigenvalue weighted by atomic mass is 32.2. The van der Waals surface area contributed by atoms with Crippen LogP contribution >= 0.6 is 11.8 Å². The Balaban J connectivity index is 1.71. The van der Waals surface area contributed by atoms with Crippen molar-refractivity contribution in [2.24, 2.45) is 0 Å². The first-order chi connectivity index (χ1) is 10.8. The minimum atomic E-state index is 0.416. The maximum atomic E-state index is 5.42. The molecule has 22 heavy (non-hydrogen) atoms. The van der Waals surface area contributed by atoms with E-state index < -0.39 is 0 Å². The molecular formula is C16H22N4OS. The van der Waals surface area contributed by atoms with E-state index in [0.717, 1.165) is 48.6 Å². The summed E-state index contributed by atoms with van der Waals surface area (Å²) in [5.41, 5.74) is 2.40. The SMILES string of the molecule is CCSc1n[nH]c(-c2ccc([C@@H](C)N3CCOCC3)cc2)n1. The number of aromatic amines is 1. The molecule has 1 atom stereocenters. The number of benzene rings is 1. The van der Waals surface area contributed by atoms with Crippen molar-refractivity contribution >= 4 is 11.8 Å². The van der Waals surface area contributed by atoms with Gasteiger partial charge < -0.3 is 4.74 Å². The van der Waals surface area contributed by atoms with E-state index in [1.54, 1.807) is 11.8 Å². The Labute approximate surface area is 135 Å². The van der Waals surface area contributed by atoms with E-state index in [-0.39, 0.29) is 0 Å². The lowest BCUT2D eigenvalue weighted by Gasteiger charge is -2.32. The van der Waals surface area contributed by atoms with Crippen molar-refractivity contribution < 1.29 is 4.74 Å². The van der Waals surface area contributed by atoms with E-state index in [2.05, 4.69) is 58.2 Å². The molecule has 0 aliphatic carbocycles. The smallest absolute Gasteiger partial charge is 0.208 e. The van der Waals surface area contributed by atoms with Crippen molar-refractivity contribution in [3.05, 3.63) is 29.8 Å². The third kappa shape index (κ3) is 3.51. The highest BCUT2D eigenvalue weighted by Crippen LogP contribution is 2.24. The van der Waals surface area contributed by atoms with Gasteiger partial charge in [-0.2, -0.15) is 0 Å². The Kier molecular flexibility index (Phi) is 5.12. The number of aromatic nitrogens is 3. The highest BCUT2D eigenvalue weighted by molar-refractivity contribution is 7.99. The third-order valence-electron chi connectivity index (χ3n) is 4.00. The summed E-state index contributed by atoms with van der Waals surface area (Å²) in [5, 5.41) is 8.04. The number of nitrogens with one attached hydrogen (secondary N) is 1. The second kappa shape index (κ2) is 7.26. The summed E-state index contributed by atoms with van der Waals surface area (Å²) in [5.74, 6) is 1.81. The number of morpholine rings is 1. The summed E-state index contributed by atoms with van der Waals surface area (Å²) in [7, 11) is 0. The van der Waals surface area contributed by atoms with Crippen molar-refractivity contribution in [3.8, 4) is 11.4 Å². The number of H-pyrrole nitrogens is 1. The van der Waals surface area contributed by atoms with E-state index in [0.29, 0.717) is 6.04 Å². The van der Waals surface area contributed by atoms with Crippen LogP contribution in [-0.4, -0.2) is 52.1 Å². The number of thioether (sulfide) groups is 1. The van der Waals surface area contributed by atoms with Crippen LogP contribution in [0.2, 0.25) is 0 Å². The van der Waals surface area contributed by atoms with Crippen molar-refractivity contribution in [3.63, 3.8) is 0 Å². The van der Waals surface area contributed by atoms with Gasteiger partial charge in [-0.25, -0.2) is 4.98 Å². The Morgan fingerprint density at radius 2 is 2.00 bits per heavy atom. The topological polar surface area (TPSA) is 54.0 Å². The van der Waals surface area contributed by atoms with Gasteiger partial charge in [0.05, 0.1) is 13.2 Å². The summed E-state index contributed by atoms with van der Waals surface area (Å²) in [6, 6.07) is 9.02. The van der Waals surface area contributed by atoms with Gasteiger partial charge in [0.25, 0.3) is 0 Å². The monoisotopic (exact) mass is 318 g/mol. The first-order valence-electron chi connectivity index (χ1n) is 7.75. The van der Waals surface area contributed by atoms with E-state index in [4.69, 9.17) is 4.74 Å². The maximum absolute atomic E-state index is 5.42. The molecule has 1 aromatic heterocycles. The molecule has 2 heterocycles. The van der Waals surface area contributed by atoms with E-state index in [1.807, 2.05) is 0 Å². The van der Waals surface area contributed by atoms with Crippen molar-refractivity contribution in [1.82, 2.24) is 20.1 Å². The molecule has 1 fully saturated rings. The van der Waals surface area contributed by atoms with Crippen LogP contribution in [-0.2, 0) is 4.74 Å². The summed E-state index contributed by atoms with van der Waals surface area (Å²) < 4.78 is 5.42. The largest absolute Gasteiger partial charge is 0.379 e. The summed E-state index contributed by atoms with van der Waals surface area (Å²) >= 11 is 1.65. The van der Waals surface area contributed by atoms with Gasteiger partial charge in [0, 0.05) is 24.7 Å². The molecule has 1 aliphatic heterocycles. The van der Waals surface area contributed by atoms with Gasteiger partial charge in [-0.05, 0) is 18.2 Å². The lowest BCUT2D eigenvalue weighted by Crippen LogP contribution is -2.37. The van der Waals surface area contributed by atoms with E-state index >= 15 is 0 Å². The number of nitrogens with zero attached hydrogens (tertiary/aromatic N) is 3. The number of hydrogen-bond acceptors (Lipinski definition) is 5. The second-order valence-corrected chi connectivity index (χ2v) is 6.58. The number of rotatable bonds is 5. The zero-order chi connectivity index (χ0) is 15.4. The van der Waals surface area contributed by atoms with E-state index in [9.17, 15) is 0 Å². The fourth-order valence-corrected chi connectivity index (χ4v) is 3.19. The highest BCUT2D eigenvalue weighted by Gasteiger charge is 2.18. The molecule has 5 nitrogen and oxygen atoms in total. The predicted octanol–water partition coefficient (Wildman–Crippen LogP) is 2.98. The zero-order valence-electron chi connectivity index (χ0n) is 13.1. The average molecular weight is 318 g/mol. The molecule has 118 valence electrons. The van der Waals surface area contributed by atoms with Crippen LogP contribution in [0.25, 0.3) is 11.4 Å². The molecule has 1 N–H and O–H groups in total. The Hall–Kier alpha value is -1.37. The minimum absolute atomic E-state index is 0.416. The summed E-state index contributed by atoms with van der Waals surface area (Å²) in [4.78, 5) is 6.97. The van der Waals surface area contributed by atoms with Crippen molar-refractivity contribution in [2.75, 3.05) is 32.1 Å². The quantitative estimate of drug-likeness (QED) is 0.859. The Bertz CT molecular complexity index is 592. The maximum Gasteiger partial charge on any atom is 0.208 e. The molecule has 0 radical (unpaired) electrons. The van der Waals surface area contributed by atoms with Gasteiger partial charge in [-0.15, -0.1) is 5.10 Å². The van der Waals surface area contributed by atoms with Crippen LogP contribution < -0.4 is 0 Å². The molecule has 1 aromatic carbocycles. The lowest BCUT2D eigenvalue weighted by atomic mass is 10.0. The summed E-state index contributed by atoms with van der Waals surface area (Å²) in [6.07, 6.45) is 0. The van der Waals surface area contributed by atoms with Crippen LogP contribution in [0.4, 0.5) is 0 Å². The summed E-state index contributed by atoms with van der Waals surface area (Å²) in [6.45, 7) is 8.02. The zero-order valence-corrected chi connectivity index (χ0v) is 13.9. The van der Waals surface area contributed by atoms with Crippen molar-refractivity contribution in [2.45, 2.75) is 25.0 Å². The molecule has 0 bridgehead atoms. The van der Waals surface area contributed by atoms with Crippen LogP contribution in [0.15, 0.2) is 29.4 Å². The Morgan fingerprint density at radius 3 is 2.68 bits per heavy atom. The van der Waals surface area contributed by atoms with E-state index in [1.165, 1.54) is 5.56 Å². The molecular weight excluding hydrogens is 296 g/mol. The average Bonchev–Trinajstić information content (AvgIpc) is 3.04. The minimum Gasteiger partial charge on any atom is -0.379 e. The molecule has 6 heteroatoms. The number of ether oxygens (including phenoxy) is 1. The van der Waals surface area contributed by atoms with Crippen LogP contribution in [0.3, 0.4) is 0 Å². The van der Waals surface area contributed by atoms with Gasteiger partial charge >= 0.3 is 0 Å². The first kappa shape index (κ1) is 15.5. The second-order valence-electron chi connectivity index (χ2n) is 5.35. The van der Waals surface area contributed by atoms with Crippen LogP contribution in [0.5, 0.6) is 0 Å². The van der Waals surface area contributed by atoms with Gasteiger partial charge in [-0.1, -0.05) is 43.0 Å². The molecule has 0 saturated carbocycles. The standard InChI is InChI=1S/C16H22N4OS/c1-3-22-16-17-15(18-19-16)14-6-4-13(5-7-14)12(2)20-8-10-21-11-9-20/h4-7,12H,3,8-11H2,1-2H3,(H,17,18,19)/t12-/m1/s1. The van der Waals surface area contributed by atoms with Gasteiger partial charge in [0.1, 0.15) is 0 Å². The third-order valence-corrected chi connectivity index (χ3v) is 4.73. The van der Waals surface area contributed by atoms with Gasteiger partial charge in [0.2, 0.25) is 5.16 Å². The number of hydrogen-bond donors (Lipinski definition) is 1. The normalized spacial score (nSPS) is 17.5. The molecule has 0 unspecified atom stereocenters. The first-order valence-corrected chi connectivity index (χ1v) is 8.74. The fraction of sp³-hybridized carbons (Fsp3) is 0.500. The molecule has 0 spiro atoms. The van der Waals surface area contributed by atoms with Gasteiger partial charge in [-0.3, -0.25) is 10.00 Å². The molecule has 3 rings (SSSR count).